The number of benzene rings is 1. The second-order valence-electron chi connectivity index (χ2n) is 3.16. The molecule has 62 valence electrons. The number of hydrogen-bond donors (Lipinski definition) is 1. The first-order chi connectivity index (χ1) is 5.88. The van der Waals surface area contributed by atoms with Crippen molar-refractivity contribution in [3.63, 3.8) is 0 Å². The van der Waals surface area contributed by atoms with Gasteiger partial charge in [0.05, 0.1) is 0 Å². The van der Waals surface area contributed by atoms with E-state index in [4.69, 9.17) is 0 Å². The maximum Gasteiger partial charge on any atom is 0.0443 e. The van der Waals surface area contributed by atoms with Crippen molar-refractivity contribution in [2.75, 3.05) is 11.9 Å². The minimum atomic E-state index is 1.05. The first kappa shape index (κ1) is 7.41. The van der Waals surface area contributed by atoms with Crippen LogP contribution in [-0.2, 0) is 0 Å². The third kappa shape index (κ3) is 1.22. The topological polar surface area (TPSA) is 12.0 Å². The average Bonchev–Trinajstić information content (AvgIpc) is 2.30. The lowest BCUT2D eigenvalue weighted by Gasteiger charge is -2.09. The molecular weight excluding hydrogens is 146 g/mol. The van der Waals surface area contributed by atoms with Crippen LogP contribution in [0.2, 0.25) is 0 Å². The van der Waals surface area contributed by atoms with Crippen molar-refractivity contribution in [2.24, 2.45) is 0 Å². The quantitative estimate of drug-likeness (QED) is 0.613. The highest BCUT2D eigenvalue weighted by Gasteiger charge is 2.03. The average molecular weight is 159 g/mol. The normalized spacial score (nSPS) is 14.8. The highest BCUT2D eigenvalue weighted by Crippen LogP contribution is 2.23. The van der Waals surface area contributed by atoms with Crippen molar-refractivity contribution < 1.29 is 0 Å². The van der Waals surface area contributed by atoms with E-state index in [1.807, 2.05) is 0 Å². The van der Waals surface area contributed by atoms with Crippen molar-refractivity contribution in [1.82, 2.24) is 0 Å². The summed E-state index contributed by atoms with van der Waals surface area (Å²) in [6, 6.07) is 6.40. The fraction of sp³-hybridized carbons (Fsp3) is 0.273. The van der Waals surface area contributed by atoms with E-state index in [1.165, 1.54) is 16.8 Å². The first-order valence-electron chi connectivity index (χ1n) is 4.38. The van der Waals surface area contributed by atoms with E-state index in [9.17, 15) is 0 Å². The van der Waals surface area contributed by atoms with E-state index in [-0.39, 0.29) is 0 Å². The van der Waals surface area contributed by atoms with Crippen LogP contribution in [-0.4, -0.2) is 6.54 Å². The number of rotatable bonds is 0. The van der Waals surface area contributed by atoms with Gasteiger partial charge in [-0.1, -0.05) is 30.4 Å². The van der Waals surface area contributed by atoms with Gasteiger partial charge >= 0.3 is 0 Å². The fourth-order valence-corrected chi connectivity index (χ4v) is 1.56. The molecule has 0 unspecified atom stereocenters. The zero-order valence-corrected chi connectivity index (χ0v) is 7.30. The number of nitrogens with one attached hydrogen (secondary N) is 1. The van der Waals surface area contributed by atoms with Crippen molar-refractivity contribution in [3.8, 4) is 0 Å². The van der Waals surface area contributed by atoms with Gasteiger partial charge < -0.3 is 5.32 Å². The second-order valence-corrected chi connectivity index (χ2v) is 3.16. The van der Waals surface area contributed by atoms with Crippen LogP contribution in [0.4, 0.5) is 5.69 Å². The summed E-state index contributed by atoms with van der Waals surface area (Å²) in [6.45, 7) is 3.19. The Kier molecular flexibility index (Phi) is 1.86. The molecule has 1 aromatic carbocycles. The Bertz CT molecular complexity index is 313. The predicted octanol–water partition coefficient (Wildman–Crippen LogP) is 2.82. The van der Waals surface area contributed by atoms with E-state index in [0.29, 0.717) is 0 Å². The Hall–Kier alpha value is -1.24. The molecule has 0 aliphatic carbocycles. The van der Waals surface area contributed by atoms with Crippen LogP contribution < -0.4 is 5.32 Å². The van der Waals surface area contributed by atoms with Crippen LogP contribution in [0.25, 0.3) is 6.08 Å². The molecule has 0 radical (unpaired) electrons. The molecule has 1 N–H and O–H groups in total. The summed E-state index contributed by atoms with van der Waals surface area (Å²) in [7, 11) is 0. The predicted molar refractivity (Wildman–Crippen MR) is 53.3 cm³/mol. The van der Waals surface area contributed by atoms with Crippen LogP contribution >= 0.6 is 0 Å². The van der Waals surface area contributed by atoms with Crippen LogP contribution in [0.3, 0.4) is 0 Å². The Morgan fingerprint density at radius 2 is 2.25 bits per heavy atom. The van der Waals surface area contributed by atoms with E-state index in [1.54, 1.807) is 0 Å². The van der Waals surface area contributed by atoms with Crippen molar-refractivity contribution in [3.05, 3.63) is 35.4 Å². The molecule has 1 aliphatic rings. The molecule has 0 bridgehead atoms. The molecule has 0 saturated carbocycles. The summed E-state index contributed by atoms with van der Waals surface area (Å²) in [5, 5.41) is 3.43. The molecule has 1 nitrogen and oxygen atoms in total. The lowest BCUT2D eigenvalue weighted by molar-refractivity contribution is 1.08. The Balaban J connectivity index is 2.52. The van der Waals surface area contributed by atoms with Gasteiger partial charge in [0, 0.05) is 12.2 Å². The van der Waals surface area contributed by atoms with Crippen LogP contribution in [0.15, 0.2) is 24.3 Å². The minimum Gasteiger partial charge on any atom is -0.384 e. The molecule has 1 heterocycles. The third-order valence-electron chi connectivity index (χ3n) is 2.22. The van der Waals surface area contributed by atoms with E-state index in [2.05, 4.69) is 42.6 Å². The van der Waals surface area contributed by atoms with Crippen LogP contribution in [0, 0.1) is 6.92 Å². The van der Waals surface area contributed by atoms with Gasteiger partial charge in [0.25, 0.3) is 0 Å². The van der Waals surface area contributed by atoms with E-state index < -0.39 is 0 Å². The van der Waals surface area contributed by atoms with E-state index in [0.717, 1.165) is 13.0 Å². The fourth-order valence-electron chi connectivity index (χ4n) is 1.56. The number of hydrogen-bond acceptors (Lipinski definition) is 1. The molecule has 1 aliphatic heterocycles. The SMILES string of the molecule is Cc1cccc2c1NCCC=C2. The molecule has 12 heavy (non-hydrogen) atoms. The molecule has 2 rings (SSSR count). The van der Waals surface area contributed by atoms with Crippen LogP contribution in [0.5, 0.6) is 0 Å². The molecule has 0 spiro atoms. The van der Waals surface area contributed by atoms with Gasteiger partial charge in [-0.3, -0.25) is 0 Å². The van der Waals surface area contributed by atoms with Gasteiger partial charge in [-0.25, -0.2) is 0 Å². The van der Waals surface area contributed by atoms with Gasteiger partial charge in [0.15, 0.2) is 0 Å². The lowest BCUT2D eigenvalue weighted by Crippen LogP contribution is -2.01. The van der Waals surface area contributed by atoms with Crippen LogP contribution in [0.1, 0.15) is 17.5 Å². The first-order valence-corrected chi connectivity index (χ1v) is 4.38. The monoisotopic (exact) mass is 159 g/mol. The summed E-state index contributed by atoms with van der Waals surface area (Å²) in [6.07, 6.45) is 5.54. The maximum atomic E-state index is 3.43. The summed E-state index contributed by atoms with van der Waals surface area (Å²) >= 11 is 0. The molecule has 1 heteroatoms. The van der Waals surface area contributed by atoms with Crippen molar-refractivity contribution >= 4 is 11.8 Å². The maximum absolute atomic E-state index is 3.43. The summed E-state index contributed by atoms with van der Waals surface area (Å²) in [4.78, 5) is 0. The number of fused-ring (bicyclic) bond motifs is 1. The largest absolute Gasteiger partial charge is 0.384 e. The zero-order chi connectivity index (χ0) is 8.39. The third-order valence-corrected chi connectivity index (χ3v) is 2.22. The Morgan fingerprint density at radius 1 is 1.33 bits per heavy atom. The molecule has 0 aromatic heterocycles. The number of aryl methyl sites for hydroxylation is 1. The van der Waals surface area contributed by atoms with E-state index >= 15 is 0 Å². The lowest BCUT2D eigenvalue weighted by atomic mass is 10.1. The second kappa shape index (κ2) is 3.02. The standard InChI is InChI=1S/C11H13N/c1-9-5-4-7-10-6-2-3-8-12-11(9)10/h2,4-7,12H,3,8H2,1H3. The minimum absolute atomic E-state index is 1.05. The van der Waals surface area contributed by atoms with Gasteiger partial charge in [-0.15, -0.1) is 0 Å². The number of anilines is 1. The Morgan fingerprint density at radius 3 is 3.17 bits per heavy atom. The van der Waals surface area contributed by atoms with Crippen molar-refractivity contribution in [1.29, 1.82) is 0 Å². The molecule has 0 saturated heterocycles. The summed E-state index contributed by atoms with van der Waals surface area (Å²) in [5.41, 5.74) is 3.94. The molecular formula is C11H13N. The van der Waals surface area contributed by atoms with Gasteiger partial charge in [-0.2, -0.15) is 0 Å². The van der Waals surface area contributed by atoms with Crippen molar-refractivity contribution in [2.45, 2.75) is 13.3 Å². The molecule has 0 amide bonds. The smallest absolute Gasteiger partial charge is 0.0443 e. The number of para-hydroxylation sites is 1. The highest BCUT2D eigenvalue weighted by atomic mass is 14.9. The van der Waals surface area contributed by atoms with Gasteiger partial charge in [0.1, 0.15) is 0 Å². The zero-order valence-electron chi connectivity index (χ0n) is 7.30. The Labute approximate surface area is 73.1 Å². The molecule has 1 aromatic rings. The van der Waals surface area contributed by atoms with Gasteiger partial charge in [-0.05, 0) is 24.5 Å². The summed E-state index contributed by atoms with van der Waals surface area (Å²) in [5.74, 6) is 0. The van der Waals surface area contributed by atoms with Gasteiger partial charge in [0.2, 0.25) is 0 Å². The molecule has 0 atom stereocenters. The highest BCUT2D eigenvalue weighted by molar-refractivity contribution is 5.70. The summed E-state index contributed by atoms with van der Waals surface area (Å²) < 4.78 is 0. The molecule has 0 fully saturated rings.